The minimum absolute atomic E-state index is 0.0272. The van der Waals surface area contributed by atoms with E-state index in [1.54, 1.807) is 43.8 Å². The summed E-state index contributed by atoms with van der Waals surface area (Å²) in [6.45, 7) is 5.19. The third-order valence-corrected chi connectivity index (χ3v) is 3.44. The summed E-state index contributed by atoms with van der Waals surface area (Å²) < 4.78 is 29.5. The van der Waals surface area contributed by atoms with Crippen molar-refractivity contribution in [3.63, 3.8) is 0 Å². The first-order valence-corrected chi connectivity index (χ1v) is 7.52. The summed E-state index contributed by atoms with van der Waals surface area (Å²) in [5.74, 6) is -0.205. The van der Waals surface area contributed by atoms with Gasteiger partial charge in [0.25, 0.3) is 0 Å². The summed E-state index contributed by atoms with van der Waals surface area (Å²) in [5.41, 5.74) is -0.214. The van der Waals surface area contributed by atoms with Gasteiger partial charge >= 0.3 is 13.2 Å². The molecular weight excluding hydrogens is 407 g/mol. The van der Waals surface area contributed by atoms with Crippen molar-refractivity contribution in [2.45, 2.75) is 32.5 Å². The minimum atomic E-state index is -1.30. The van der Waals surface area contributed by atoms with E-state index in [9.17, 15) is 14.2 Å². The smallest absolute Gasteiger partial charge is 0.444 e. The van der Waals surface area contributed by atoms with E-state index in [-0.39, 0.29) is 17.6 Å². The van der Waals surface area contributed by atoms with Crippen LogP contribution in [0.5, 0.6) is 5.75 Å². The van der Waals surface area contributed by atoms with Crippen LogP contribution in [0.25, 0.3) is 0 Å². The lowest BCUT2D eigenvalue weighted by atomic mass is 9.78. The Labute approximate surface area is 142 Å². The van der Waals surface area contributed by atoms with Crippen molar-refractivity contribution in [2.75, 3.05) is 6.54 Å². The van der Waals surface area contributed by atoms with Crippen molar-refractivity contribution in [1.82, 2.24) is 5.32 Å². The van der Waals surface area contributed by atoms with E-state index in [2.05, 4.69) is 5.32 Å². The lowest BCUT2D eigenvalue weighted by molar-refractivity contribution is 0.0497. The molecule has 1 aromatic rings. The molecule has 1 amide bonds. The fourth-order valence-corrected chi connectivity index (χ4v) is 2.56. The topological polar surface area (TPSA) is 77.0 Å². The van der Waals surface area contributed by atoms with Crippen molar-refractivity contribution in [3.8, 4) is 5.75 Å². The van der Waals surface area contributed by atoms with E-state index in [1.807, 2.05) is 0 Å². The molecule has 0 saturated carbocycles. The van der Waals surface area contributed by atoms with Gasteiger partial charge in [0.15, 0.2) is 23.0 Å². The van der Waals surface area contributed by atoms with Gasteiger partial charge < -0.3 is 22.8 Å². The molecule has 1 aliphatic heterocycles. The fraction of sp³-hybridized carbons (Fsp3) is 0.462. The lowest BCUT2D eigenvalue weighted by Gasteiger charge is -2.21. The largest absolute Gasteiger partial charge is 0.496 e. The van der Waals surface area contributed by atoms with Crippen LogP contribution in [0.3, 0.4) is 0 Å². The van der Waals surface area contributed by atoms with E-state index >= 15 is 0 Å². The van der Waals surface area contributed by atoms with E-state index in [0.29, 0.717) is 5.75 Å². The molecule has 0 radical (unpaired) electrons. The number of carbonyl (C=O) groups excluding carboxylic acids is 1. The summed E-state index contributed by atoms with van der Waals surface area (Å²) in [5, 5.41) is 12.4. The second kappa shape index (κ2) is 6.59. The molecule has 6 nitrogen and oxygen atoms in total. The van der Waals surface area contributed by atoms with Gasteiger partial charge in [0.05, 0.1) is 6.10 Å². The number of halogens is 2. The van der Waals surface area contributed by atoms with Gasteiger partial charge in [-0.3, -0.25) is 0 Å². The molecule has 1 unspecified atom stereocenters. The summed E-state index contributed by atoms with van der Waals surface area (Å²) in [6.07, 6.45) is -1.45. The molecule has 9 heteroatoms. The zero-order chi connectivity index (χ0) is 16.5. The first-order valence-electron chi connectivity index (χ1n) is 6.64. The maximum absolute atomic E-state index is 14.0. The Morgan fingerprint density at radius 2 is 2.23 bits per heavy atom. The molecule has 0 aliphatic carbocycles. The first-order chi connectivity index (χ1) is 10.2. The summed E-state index contributed by atoms with van der Waals surface area (Å²) in [7, 11) is -1.30. The Morgan fingerprint density at radius 1 is 1.55 bits per heavy atom. The van der Waals surface area contributed by atoms with E-state index < -0.39 is 30.7 Å². The summed E-state index contributed by atoms with van der Waals surface area (Å²) in [6, 6.07) is 2.64. The molecule has 120 valence electrons. The van der Waals surface area contributed by atoms with Gasteiger partial charge in [-0.2, -0.15) is 0 Å². The van der Waals surface area contributed by atoms with Crippen LogP contribution in [0, 0.1) is 5.82 Å². The second-order valence-electron chi connectivity index (χ2n) is 5.81. The van der Waals surface area contributed by atoms with Crippen molar-refractivity contribution < 1.29 is 26.7 Å². The Hall–Kier alpha value is -1.07. The van der Waals surface area contributed by atoms with Crippen LogP contribution in [-0.2, 0) is 9.39 Å². The molecule has 1 aromatic carbocycles. The number of alkyl carbamates (subject to hydrolysis) is 1. The van der Waals surface area contributed by atoms with Crippen LogP contribution in [0.2, 0.25) is 0 Å². The number of hydrogen-bond acceptors (Lipinski definition) is 5. The average molecular weight is 423 g/mol. The molecule has 0 aromatic heterocycles. The van der Waals surface area contributed by atoms with Gasteiger partial charge in [0.2, 0.25) is 0 Å². The van der Waals surface area contributed by atoms with E-state index in [0.717, 1.165) is 0 Å². The number of carbonyl (C=O) groups is 1. The monoisotopic (exact) mass is 423 g/mol. The highest BCUT2D eigenvalue weighted by Gasteiger charge is 2.40. The van der Waals surface area contributed by atoms with Crippen molar-refractivity contribution in [2.24, 2.45) is 0 Å². The highest BCUT2D eigenvalue weighted by Crippen LogP contribution is 2.30. The Balaban J connectivity index is 2.12. The number of hydrogen-bond donors (Lipinski definition) is 2. The summed E-state index contributed by atoms with van der Waals surface area (Å²) in [4.78, 5) is 11.6. The van der Waals surface area contributed by atoms with Crippen LogP contribution in [0.1, 0.15) is 32.4 Å². The maximum Gasteiger partial charge on any atom is 0.496 e. The zero-order valence-electron chi connectivity index (χ0n) is 12.4. The summed E-state index contributed by atoms with van der Waals surface area (Å²) >= 11 is 1.64. The van der Waals surface area contributed by atoms with E-state index in [1.165, 1.54) is 12.1 Å². The van der Waals surface area contributed by atoms with Crippen LogP contribution >= 0.6 is 23.0 Å². The molecule has 0 saturated heterocycles. The number of rotatable bonds is 3. The zero-order valence-corrected chi connectivity index (χ0v) is 14.5. The van der Waals surface area contributed by atoms with Crippen molar-refractivity contribution in [1.29, 1.82) is 0 Å². The van der Waals surface area contributed by atoms with Crippen LogP contribution < -0.4 is 13.8 Å². The SMILES string of the molecule is CC(C)(C)OC(=O)NCC1OB(O)c2c(OI)ccc(F)c21. The number of ether oxygens (including phenoxy) is 1. The standard InChI is InChI=1S/C13H16BFINO5/c1-13(2,3)20-12(18)17-6-9-10-7(15)4-5-8(22-16)11(10)14(19)21-9/h4-5,9,19H,6H2,1-3H3,(H,17,18). The van der Waals surface area contributed by atoms with Gasteiger partial charge in [-0.25, -0.2) is 9.18 Å². The molecule has 1 atom stereocenters. The quantitative estimate of drug-likeness (QED) is 0.574. The number of nitrogens with one attached hydrogen (secondary N) is 1. The van der Waals surface area contributed by atoms with Crippen molar-refractivity contribution in [3.05, 3.63) is 23.5 Å². The Bertz CT molecular complexity index is 580. The molecule has 0 fully saturated rings. The second-order valence-corrected chi connectivity index (χ2v) is 6.25. The average Bonchev–Trinajstić information content (AvgIpc) is 2.74. The lowest BCUT2D eigenvalue weighted by Crippen LogP contribution is -2.35. The molecule has 0 bridgehead atoms. The molecule has 2 N–H and O–H groups in total. The predicted octanol–water partition coefficient (Wildman–Crippen LogP) is 1.84. The van der Waals surface area contributed by atoms with E-state index in [4.69, 9.17) is 12.5 Å². The normalized spacial score (nSPS) is 17.2. The molecule has 22 heavy (non-hydrogen) atoms. The molecule has 0 spiro atoms. The van der Waals surface area contributed by atoms with Crippen LogP contribution in [0.4, 0.5) is 9.18 Å². The highest BCUT2D eigenvalue weighted by atomic mass is 127. The molecule has 1 aliphatic rings. The first kappa shape index (κ1) is 17.3. The third kappa shape index (κ3) is 3.82. The van der Waals surface area contributed by atoms with Crippen molar-refractivity contribution >= 4 is 41.7 Å². The van der Waals surface area contributed by atoms with Gasteiger partial charge in [0, 0.05) is 17.6 Å². The number of benzene rings is 1. The molecular formula is C13H16BFINO5. The van der Waals surface area contributed by atoms with Gasteiger partial charge in [-0.1, -0.05) is 0 Å². The Kier molecular flexibility index (Phi) is 5.18. The number of amides is 1. The fourth-order valence-electron chi connectivity index (χ4n) is 2.17. The van der Waals surface area contributed by atoms with Crippen LogP contribution in [0.15, 0.2) is 12.1 Å². The van der Waals surface area contributed by atoms with Gasteiger partial charge in [-0.05, 0) is 32.9 Å². The number of fused-ring (bicyclic) bond motifs is 1. The molecule has 2 rings (SSSR count). The minimum Gasteiger partial charge on any atom is -0.444 e. The van der Waals surface area contributed by atoms with Gasteiger partial charge in [-0.15, -0.1) is 0 Å². The Morgan fingerprint density at radius 3 is 2.82 bits per heavy atom. The third-order valence-electron chi connectivity index (χ3n) is 2.97. The predicted molar refractivity (Wildman–Crippen MR) is 86.7 cm³/mol. The van der Waals surface area contributed by atoms with Gasteiger partial charge in [0.1, 0.15) is 17.2 Å². The molecule has 1 heterocycles. The highest BCUT2D eigenvalue weighted by molar-refractivity contribution is 14.1. The van der Waals surface area contributed by atoms with Crippen LogP contribution in [-0.4, -0.2) is 30.4 Å². The maximum atomic E-state index is 14.0.